The van der Waals surface area contributed by atoms with Gasteiger partial charge in [-0.3, -0.25) is 14.5 Å². The van der Waals surface area contributed by atoms with Gasteiger partial charge in [-0.25, -0.2) is 0 Å². The molecule has 5 heteroatoms. The molecule has 4 nitrogen and oxygen atoms in total. The molecule has 1 amide bonds. The molecule has 1 aromatic carbocycles. The zero-order valence-electron chi connectivity index (χ0n) is 10.3. The van der Waals surface area contributed by atoms with Crippen molar-refractivity contribution in [1.29, 1.82) is 0 Å². The second-order valence-corrected chi connectivity index (χ2v) is 5.09. The van der Waals surface area contributed by atoms with Crippen LogP contribution in [0, 0.1) is 0 Å². The molecular weight excluding hydrogens is 248 g/mol. The second kappa shape index (κ2) is 6.02. The highest BCUT2D eigenvalue weighted by molar-refractivity contribution is 7.98. The first kappa shape index (κ1) is 13.1. The Bertz CT molecular complexity index is 445. The summed E-state index contributed by atoms with van der Waals surface area (Å²) in [7, 11) is 0. The minimum Gasteiger partial charge on any atom is -0.354 e. The highest BCUT2D eigenvalue weighted by Crippen LogP contribution is 2.15. The van der Waals surface area contributed by atoms with Crippen LogP contribution >= 0.6 is 11.8 Å². The number of nitrogens with zero attached hydrogens (tertiary/aromatic N) is 1. The summed E-state index contributed by atoms with van der Waals surface area (Å²) in [4.78, 5) is 26.3. The zero-order valence-corrected chi connectivity index (χ0v) is 11.1. The van der Waals surface area contributed by atoms with Crippen LogP contribution in [-0.2, 0) is 4.79 Å². The molecule has 0 aromatic heterocycles. The molecule has 1 saturated heterocycles. The lowest BCUT2D eigenvalue weighted by atomic mass is 10.1. The van der Waals surface area contributed by atoms with Gasteiger partial charge < -0.3 is 5.32 Å². The number of Topliss-reactive ketones (excluding diaryl/α,β-unsaturated/α-hetero) is 1. The highest BCUT2D eigenvalue weighted by Gasteiger charge is 2.19. The predicted molar refractivity (Wildman–Crippen MR) is 72.0 cm³/mol. The molecule has 1 fully saturated rings. The van der Waals surface area contributed by atoms with E-state index in [9.17, 15) is 9.59 Å². The quantitative estimate of drug-likeness (QED) is 0.651. The lowest BCUT2D eigenvalue weighted by molar-refractivity contribution is -0.123. The Morgan fingerprint density at radius 1 is 1.39 bits per heavy atom. The Balaban J connectivity index is 1.96. The first-order chi connectivity index (χ1) is 8.69. The molecule has 0 bridgehead atoms. The normalized spacial score (nSPS) is 16.4. The van der Waals surface area contributed by atoms with E-state index in [0.29, 0.717) is 25.2 Å². The van der Waals surface area contributed by atoms with Gasteiger partial charge in [0.25, 0.3) is 0 Å². The topological polar surface area (TPSA) is 49.4 Å². The maximum absolute atomic E-state index is 12.0. The van der Waals surface area contributed by atoms with Gasteiger partial charge in [-0.05, 0) is 18.4 Å². The largest absolute Gasteiger partial charge is 0.354 e. The maximum Gasteiger partial charge on any atom is 0.234 e. The summed E-state index contributed by atoms with van der Waals surface area (Å²) in [5.41, 5.74) is 0.707. The first-order valence-electron chi connectivity index (χ1n) is 5.85. The molecular formula is C13H16N2O2S. The van der Waals surface area contributed by atoms with E-state index >= 15 is 0 Å². The van der Waals surface area contributed by atoms with E-state index in [1.165, 1.54) is 0 Å². The summed E-state index contributed by atoms with van der Waals surface area (Å²) in [5, 5.41) is 2.75. The summed E-state index contributed by atoms with van der Waals surface area (Å²) < 4.78 is 0. The van der Waals surface area contributed by atoms with Gasteiger partial charge in [-0.15, -0.1) is 11.8 Å². The van der Waals surface area contributed by atoms with E-state index in [1.54, 1.807) is 11.8 Å². The molecule has 1 N–H and O–H groups in total. The average molecular weight is 264 g/mol. The molecule has 96 valence electrons. The lowest BCUT2D eigenvalue weighted by Gasteiger charge is -2.25. The molecule has 0 saturated carbocycles. The summed E-state index contributed by atoms with van der Waals surface area (Å²) >= 11 is 1.65. The number of piperazine rings is 1. The van der Waals surface area contributed by atoms with Gasteiger partial charge in [0.15, 0.2) is 5.78 Å². The van der Waals surface area contributed by atoms with Crippen LogP contribution in [-0.4, -0.2) is 49.0 Å². The fourth-order valence-corrected chi connectivity index (χ4v) is 2.31. The summed E-state index contributed by atoms with van der Waals surface area (Å²) in [6.07, 6.45) is 2.00. The Kier molecular flexibility index (Phi) is 4.38. The molecule has 18 heavy (non-hydrogen) atoms. The standard InChI is InChI=1S/C13H16N2O2S/c1-18-11-4-2-10(3-5-11)12(16)8-15-7-6-14-13(17)9-15/h2-5H,6-9H2,1H3,(H,14,17). The van der Waals surface area contributed by atoms with Crippen molar-refractivity contribution in [3.05, 3.63) is 29.8 Å². The number of ketones is 1. The number of amides is 1. The third kappa shape index (κ3) is 3.34. The van der Waals surface area contributed by atoms with E-state index in [2.05, 4.69) is 5.32 Å². The molecule has 1 aliphatic rings. The third-order valence-electron chi connectivity index (χ3n) is 2.90. The summed E-state index contributed by atoms with van der Waals surface area (Å²) in [6.45, 7) is 1.98. The SMILES string of the molecule is CSc1ccc(C(=O)CN2CCNC(=O)C2)cc1. The molecule has 0 aliphatic carbocycles. The van der Waals surface area contributed by atoms with Crippen molar-refractivity contribution in [3.8, 4) is 0 Å². The van der Waals surface area contributed by atoms with Gasteiger partial charge in [0.05, 0.1) is 13.1 Å². The molecule has 0 radical (unpaired) electrons. The van der Waals surface area contributed by atoms with Gasteiger partial charge in [0.2, 0.25) is 5.91 Å². The van der Waals surface area contributed by atoms with Gasteiger partial charge in [0, 0.05) is 23.5 Å². The maximum atomic E-state index is 12.0. The fraction of sp³-hybridized carbons (Fsp3) is 0.385. The van der Waals surface area contributed by atoms with Gasteiger partial charge in [0.1, 0.15) is 0 Å². The van der Waals surface area contributed by atoms with Gasteiger partial charge in [-0.2, -0.15) is 0 Å². The summed E-state index contributed by atoms with van der Waals surface area (Å²) in [6, 6.07) is 7.58. The van der Waals surface area contributed by atoms with Crippen molar-refractivity contribution >= 4 is 23.5 Å². The average Bonchev–Trinajstić information content (AvgIpc) is 2.39. The summed E-state index contributed by atoms with van der Waals surface area (Å²) in [5.74, 6) is 0.0594. The van der Waals surface area contributed by atoms with Gasteiger partial charge >= 0.3 is 0 Å². The molecule has 0 unspecified atom stereocenters. The highest BCUT2D eigenvalue weighted by atomic mass is 32.2. The Morgan fingerprint density at radius 2 is 2.11 bits per heavy atom. The van der Waals surface area contributed by atoms with Crippen molar-refractivity contribution in [2.45, 2.75) is 4.90 Å². The van der Waals surface area contributed by atoms with Crippen LogP contribution in [0.2, 0.25) is 0 Å². The number of benzene rings is 1. The van der Waals surface area contributed by atoms with Crippen LogP contribution in [0.4, 0.5) is 0 Å². The number of carbonyl (C=O) groups excluding carboxylic acids is 2. The molecule has 2 rings (SSSR count). The van der Waals surface area contributed by atoms with Crippen LogP contribution in [0.25, 0.3) is 0 Å². The second-order valence-electron chi connectivity index (χ2n) is 4.21. The van der Waals surface area contributed by atoms with Crippen molar-refractivity contribution in [3.63, 3.8) is 0 Å². The van der Waals surface area contributed by atoms with Crippen molar-refractivity contribution in [2.75, 3.05) is 32.4 Å². The minimum absolute atomic E-state index is 0.00761. The van der Waals surface area contributed by atoms with Crippen molar-refractivity contribution < 1.29 is 9.59 Å². The van der Waals surface area contributed by atoms with E-state index < -0.39 is 0 Å². The number of hydrogen-bond donors (Lipinski definition) is 1. The third-order valence-corrected chi connectivity index (χ3v) is 3.64. The van der Waals surface area contributed by atoms with Crippen molar-refractivity contribution in [1.82, 2.24) is 10.2 Å². The first-order valence-corrected chi connectivity index (χ1v) is 7.08. The van der Waals surface area contributed by atoms with Crippen LogP contribution in [0.3, 0.4) is 0 Å². The van der Waals surface area contributed by atoms with E-state index in [-0.39, 0.29) is 11.7 Å². The Morgan fingerprint density at radius 3 is 2.72 bits per heavy atom. The number of nitrogens with one attached hydrogen (secondary N) is 1. The number of hydrogen-bond acceptors (Lipinski definition) is 4. The van der Waals surface area contributed by atoms with Crippen molar-refractivity contribution in [2.24, 2.45) is 0 Å². The predicted octanol–water partition coefficient (Wildman–Crippen LogP) is 1.02. The fourth-order valence-electron chi connectivity index (χ4n) is 1.90. The molecule has 0 atom stereocenters. The van der Waals surface area contributed by atoms with Crippen LogP contribution < -0.4 is 5.32 Å². The van der Waals surface area contributed by atoms with E-state index in [4.69, 9.17) is 0 Å². The number of carbonyl (C=O) groups is 2. The molecule has 1 heterocycles. The monoisotopic (exact) mass is 264 g/mol. The lowest BCUT2D eigenvalue weighted by Crippen LogP contribution is -2.49. The minimum atomic E-state index is -0.00761. The zero-order chi connectivity index (χ0) is 13.0. The van der Waals surface area contributed by atoms with Crippen LogP contribution in [0.1, 0.15) is 10.4 Å². The van der Waals surface area contributed by atoms with Crippen LogP contribution in [0.15, 0.2) is 29.2 Å². The molecule has 1 aliphatic heterocycles. The van der Waals surface area contributed by atoms with Crippen LogP contribution in [0.5, 0.6) is 0 Å². The smallest absolute Gasteiger partial charge is 0.234 e. The van der Waals surface area contributed by atoms with E-state index in [0.717, 1.165) is 11.4 Å². The number of thioether (sulfide) groups is 1. The Hall–Kier alpha value is -1.33. The molecule has 0 spiro atoms. The Labute approximate surface area is 111 Å². The van der Waals surface area contributed by atoms with E-state index in [1.807, 2.05) is 35.4 Å². The number of rotatable bonds is 4. The van der Waals surface area contributed by atoms with Gasteiger partial charge in [-0.1, -0.05) is 12.1 Å². The molecule has 1 aromatic rings.